The average Bonchev–Trinajstić information content (AvgIpc) is 3.28. The number of benzene rings is 1. The molecule has 9 heteroatoms. The van der Waals surface area contributed by atoms with Crippen LogP contribution in [0.25, 0.3) is 5.82 Å². The molecule has 1 saturated heterocycles. The third-order valence-corrected chi connectivity index (χ3v) is 7.99. The van der Waals surface area contributed by atoms with Crippen LogP contribution in [0.2, 0.25) is 0 Å². The van der Waals surface area contributed by atoms with Gasteiger partial charge in [0.15, 0.2) is 5.82 Å². The first-order valence-electron chi connectivity index (χ1n) is 10.6. The van der Waals surface area contributed by atoms with Crippen molar-refractivity contribution in [2.24, 2.45) is 5.92 Å². The summed E-state index contributed by atoms with van der Waals surface area (Å²) in [6.45, 7) is 6.27. The molecule has 32 heavy (non-hydrogen) atoms. The Bertz CT molecular complexity index is 1190. The quantitative estimate of drug-likeness (QED) is 0.640. The van der Waals surface area contributed by atoms with Crippen molar-refractivity contribution >= 4 is 21.6 Å². The van der Waals surface area contributed by atoms with Crippen molar-refractivity contribution in [3.63, 3.8) is 0 Å². The van der Waals surface area contributed by atoms with Gasteiger partial charge in [0.2, 0.25) is 15.9 Å². The zero-order chi connectivity index (χ0) is 22.9. The van der Waals surface area contributed by atoms with Crippen molar-refractivity contribution in [2.45, 2.75) is 38.5 Å². The van der Waals surface area contributed by atoms with E-state index in [1.54, 1.807) is 35.4 Å². The highest BCUT2D eigenvalue weighted by molar-refractivity contribution is 7.89. The molecular formula is C23H27N5O3S. The Labute approximate surface area is 188 Å². The van der Waals surface area contributed by atoms with Crippen molar-refractivity contribution in [1.82, 2.24) is 19.1 Å². The van der Waals surface area contributed by atoms with Crippen molar-refractivity contribution < 1.29 is 13.2 Å². The third kappa shape index (κ3) is 4.44. The number of piperidine rings is 1. The number of carbonyl (C=O) groups is 1. The lowest BCUT2D eigenvalue weighted by Crippen LogP contribution is -2.41. The minimum absolute atomic E-state index is 0.113. The molecule has 3 heterocycles. The number of carbonyl (C=O) groups excluding carboxylic acids is 1. The Morgan fingerprint density at radius 1 is 1.09 bits per heavy atom. The monoisotopic (exact) mass is 453 g/mol. The summed E-state index contributed by atoms with van der Waals surface area (Å²) < 4.78 is 29.6. The molecule has 0 aliphatic carbocycles. The van der Waals surface area contributed by atoms with Crippen LogP contribution in [0.1, 0.15) is 29.5 Å². The number of aromatic nitrogens is 3. The van der Waals surface area contributed by atoms with E-state index in [0.29, 0.717) is 42.3 Å². The number of pyridine rings is 1. The number of aryl methyl sites for hydroxylation is 3. The van der Waals surface area contributed by atoms with Gasteiger partial charge in [-0.1, -0.05) is 17.7 Å². The number of hydrogen-bond acceptors (Lipinski definition) is 5. The maximum Gasteiger partial charge on any atom is 0.243 e. The molecule has 1 fully saturated rings. The van der Waals surface area contributed by atoms with Crippen LogP contribution in [0.4, 0.5) is 5.69 Å². The second kappa shape index (κ2) is 8.84. The van der Waals surface area contributed by atoms with Crippen LogP contribution in [0.5, 0.6) is 0 Å². The summed E-state index contributed by atoms with van der Waals surface area (Å²) in [7, 11) is -3.59. The van der Waals surface area contributed by atoms with Gasteiger partial charge in [-0.15, -0.1) is 0 Å². The highest BCUT2D eigenvalue weighted by Crippen LogP contribution is 2.29. The van der Waals surface area contributed by atoms with Gasteiger partial charge in [-0.05, 0) is 62.9 Å². The number of anilines is 1. The maximum atomic E-state index is 13.2. The van der Waals surface area contributed by atoms with Gasteiger partial charge in [-0.3, -0.25) is 4.79 Å². The van der Waals surface area contributed by atoms with Gasteiger partial charge in [0, 0.05) is 31.4 Å². The lowest BCUT2D eigenvalue weighted by atomic mass is 9.97. The van der Waals surface area contributed by atoms with E-state index in [-0.39, 0.29) is 11.8 Å². The standard InChI is InChI=1S/C23H27N5O3S/c1-16-13-17(2)22(18(3)14-16)32(30,31)27-11-7-19(8-12-27)23(29)26-20-5-6-21(24-15-20)28-10-4-9-25-28/h4-6,9-10,13-15,19H,7-8,11-12H2,1-3H3,(H,26,29). The summed E-state index contributed by atoms with van der Waals surface area (Å²) in [6.07, 6.45) is 6.02. The van der Waals surface area contributed by atoms with Crippen molar-refractivity contribution in [1.29, 1.82) is 0 Å². The van der Waals surface area contributed by atoms with Crippen molar-refractivity contribution in [3.05, 3.63) is 65.6 Å². The Morgan fingerprint density at radius 3 is 2.34 bits per heavy atom. The Balaban J connectivity index is 1.38. The molecule has 1 N–H and O–H groups in total. The number of hydrogen-bond donors (Lipinski definition) is 1. The molecular weight excluding hydrogens is 426 g/mol. The van der Waals surface area contributed by atoms with E-state index < -0.39 is 10.0 Å². The average molecular weight is 454 g/mol. The van der Waals surface area contributed by atoms with Crippen molar-refractivity contribution in [2.75, 3.05) is 18.4 Å². The number of rotatable bonds is 5. The Morgan fingerprint density at radius 2 is 1.78 bits per heavy atom. The molecule has 0 atom stereocenters. The number of nitrogens with one attached hydrogen (secondary N) is 1. The van der Waals surface area contributed by atoms with Crippen LogP contribution >= 0.6 is 0 Å². The highest BCUT2D eigenvalue weighted by Gasteiger charge is 2.33. The minimum atomic E-state index is -3.59. The Hall–Kier alpha value is -3.04. The SMILES string of the molecule is Cc1cc(C)c(S(=O)(=O)N2CCC(C(=O)Nc3ccc(-n4cccn4)nc3)CC2)c(C)c1. The van der Waals surface area contributed by atoms with E-state index in [4.69, 9.17) is 0 Å². The summed E-state index contributed by atoms with van der Waals surface area (Å²) >= 11 is 0. The first-order valence-corrected chi connectivity index (χ1v) is 12.0. The number of amides is 1. The van der Waals surface area contributed by atoms with E-state index in [9.17, 15) is 13.2 Å². The summed E-state index contributed by atoms with van der Waals surface area (Å²) in [5.41, 5.74) is 3.16. The largest absolute Gasteiger partial charge is 0.324 e. The van der Waals surface area contributed by atoms with Gasteiger partial charge in [0.1, 0.15) is 0 Å². The molecule has 8 nitrogen and oxygen atoms in total. The van der Waals surface area contributed by atoms with Gasteiger partial charge < -0.3 is 5.32 Å². The fraction of sp³-hybridized carbons (Fsp3) is 0.348. The van der Waals surface area contributed by atoms with Crippen LogP contribution in [0.3, 0.4) is 0 Å². The lowest BCUT2D eigenvalue weighted by molar-refractivity contribution is -0.120. The van der Waals surface area contributed by atoms with E-state index in [1.165, 1.54) is 4.31 Å². The molecule has 3 aromatic rings. The van der Waals surface area contributed by atoms with Crippen LogP contribution in [0.15, 0.2) is 53.8 Å². The van der Waals surface area contributed by atoms with Gasteiger partial charge >= 0.3 is 0 Å². The first kappa shape index (κ1) is 22.2. The predicted octanol–water partition coefficient (Wildman–Crippen LogP) is 3.23. The zero-order valence-corrected chi connectivity index (χ0v) is 19.3. The van der Waals surface area contributed by atoms with Crippen LogP contribution in [0, 0.1) is 26.7 Å². The first-order chi connectivity index (χ1) is 15.3. The van der Waals surface area contributed by atoms with Crippen molar-refractivity contribution in [3.8, 4) is 5.82 Å². The molecule has 1 aliphatic heterocycles. The molecule has 0 spiro atoms. The second-order valence-electron chi connectivity index (χ2n) is 8.25. The molecule has 168 valence electrons. The normalized spacial score (nSPS) is 15.6. The van der Waals surface area contributed by atoms with Crippen LogP contribution < -0.4 is 5.32 Å². The van der Waals surface area contributed by atoms with Crippen LogP contribution in [-0.2, 0) is 14.8 Å². The minimum Gasteiger partial charge on any atom is -0.324 e. The lowest BCUT2D eigenvalue weighted by Gasteiger charge is -2.31. The summed E-state index contributed by atoms with van der Waals surface area (Å²) in [4.78, 5) is 17.4. The summed E-state index contributed by atoms with van der Waals surface area (Å²) in [5, 5.41) is 7.02. The third-order valence-electron chi connectivity index (χ3n) is 5.78. The highest BCUT2D eigenvalue weighted by atomic mass is 32.2. The van der Waals surface area contributed by atoms with E-state index in [1.807, 2.05) is 39.0 Å². The molecule has 4 rings (SSSR count). The predicted molar refractivity (Wildman–Crippen MR) is 122 cm³/mol. The smallest absolute Gasteiger partial charge is 0.243 e. The molecule has 1 amide bonds. The van der Waals surface area contributed by atoms with E-state index in [0.717, 1.165) is 16.7 Å². The van der Waals surface area contributed by atoms with Crippen LogP contribution in [-0.4, -0.2) is 46.5 Å². The summed E-state index contributed by atoms with van der Waals surface area (Å²) in [6, 6.07) is 9.16. The number of nitrogens with zero attached hydrogens (tertiary/aromatic N) is 4. The van der Waals surface area contributed by atoms with E-state index in [2.05, 4.69) is 15.4 Å². The number of sulfonamides is 1. The fourth-order valence-electron chi connectivity index (χ4n) is 4.31. The van der Waals surface area contributed by atoms with Gasteiger partial charge in [-0.25, -0.2) is 18.1 Å². The molecule has 1 aromatic carbocycles. The molecule has 0 saturated carbocycles. The van der Waals surface area contributed by atoms with Gasteiger partial charge in [-0.2, -0.15) is 9.40 Å². The molecule has 0 unspecified atom stereocenters. The fourth-order valence-corrected chi connectivity index (χ4v) is 6.19. The van der Waals surface area contributed by atoms with Gasteiger partial charge in [0.25, 0.3) is 0 Å². The second-order valence-corrected chi connectivity index (χ2v) is 10.1. The van der Waals surface area contributed by atoms with E-state index >= 15 is 0 Å². The topological polar surface area (TPSA) is 97.2 Å². The molecule has 1 aliphatic rings. The molecule has 0 bridgehead atoms. The van der Waals surface area contributed by atoms with Gasteiger partial charge in [0.05, 0.1) is 16.8 Å². The molecule has 0 radical (unpaired) electrons. The zero-order valence-electron chi connectivity index (χ0n) is 18.4. The molecule has 2 aromatic heterocycles. The summed E-state index contributed by atoms with van der Waals surface area (Å²) in [5.74, 6) is 0.305. The maximum absolute atomic E-state index is 13.2. The Kier molecular flexibility index (Phi) is 6.12.